The second-order valence-electron chi connectivity index (χ2n) is 6.89. The molecule has 2 bridgehead atoms. The fourth-order valence-electron chi connectivity index (χ4n) is 3.94. The van der Waals surface area contributed by atoms with Gasteiger partial charge in [-0.2, -0.15) is 0 Å². The van der Waals surface area contributed by atoms with Crippen molar-refractivity contribution in [3.8, 4) is 0 Å². The Morgan fingerprint density at radius 3 is 2.52 bits per heavy atom. The summed E-state index contributed by atoms with van der Waals surface area (Å²) in [5.74, 6) is -0.179. The van der Waals surface area contributed by atoms with Gasteiger partial charge in [-0.15, -0.1) is 12.4 Å². The molecular formula is C18H26ClFN2O. The Morgan fingerprint density at radius 2 is 1.91 bits per heavy atom. The van der Waals surface area contributed by atoms with Crippen LogP contribution in [0.5, 0.6) is 0 Å². The van der Waals surface area contributed by atoms with Crippen molar-refractivity contribution in [3.63, 3.8) is 0 Å². The number of fused-ring (bicyclic) bond motifs is 2. The highest BCUT2D eigenvalue weighted by Crippen LogP contribution is 2.30. The molecule has 3 unspecified atom stereocenters. The molecule has 2 aliphatic rings. The Bertz CT molecular complexity index is 542. The first-order valence-corrected chi connectivity index (χ1v) is 8.30. The molecule has 0 radical (unpaired) electrons. The molecule has 2 fully saturated rings. The summed E-state index contributed by atoms with van der Waals surface area (Å²) in [4.78, 5) is 14.5. The third kappa shape index (κ3) is 4.04. The summed E-state index contributed by atoms with van der Waals surface area (Å²) in [6.07, 6.45) is 4.93. The van der Waals surface area contributed by atoms with Crippen molar-refractivity contribution < 1.29 is 9.18 Å². The number of halogens is 2. The van der Waals surface area contributed by atoms with Crippen LogP contribution < -0.4 is 5.32 Å². The van der Waals surface area contributed by atoms with Gasteiger partial charge in [0.05, 0.1) is 0 Å². The Hall–Kier alpha value is -1.13. The molecule has 1 N–H and O–H groups in total. The van der Waals surface area contributed by atoms with Gasteiger partial charge in [-0.1, -0.05) is 25.1 Å². The van der Waals surface area contributed by atoms with Crippen LogP contribution in [0.2, 0.25) is 0 Å². The zero-order chi connectivity index (χ0) is 15.7. The standard InChI is InChI=1S/C18H25FN2O.ClH/c1-12(16-5-3-4-6-17(16)19)9-18(22)21(2)15-10-13-7-8-14(11-15)20-13;/h3-6,12-15,20H,7-11H2,1-2H3;1H. The van der Waals surface area contributed by atoms with Crippen molar-refractivity contribution >= 4 is 18.3 Å². The van der Waals surface area contributed by atoms with E-state index < -0.39 is 0 Å². The molecule has 3 atom stereocenters. The van der Waals surface area contributed by atoms with Crippen molar-refractivity contribution in [1.29, 1.82) is 0 Å². The summed E-state index contributed by atoms with van der Waals surface area (Å²) in [5, 5.41) is 3.60. The predicted octanol–water partition coefficient (Wildman–Crippen LogP) is 3.48. The number of hydrogen-bond acceptors (Lipinski definition) is 2. The Labute approximate surface area is 144 Å². The largest absolute Gasteiger partial charge is 0.343 e. The number of rotatable bonds is 4. The number of piperidine rings is 1. The topological polar surface area (TPSA) is 32.3 Å². The molecule has 3 rings (SSSR count). The second kappa shape index (κ2) is 7.63. The molecule has 0 aliphatic carbocycles. The summed E-state index contributed by atoms with van der Waals surface area (Å²) < 4.78 is 13.8. The number of benzene rings is 1. The minimum Gasteiger partial charge on any atom is -0.343 e. The molecule has 3 nitrogen and oxygen atoms in total. The Balaban J connectivity index is 0.00000192. The maximum absolute atomic E-state index is 13.8. The van der Waals surface area contributed by atoms with E-state index in [1.807, 2.05) is 24.9 Å². The molecule has 2 heterocycles. The molecule has 1 aromatic carbocycles. The Morgan fingerprint density at radius 1 is 1.30 bits per heavy atom. The van der Waals surface area contributed by atoms with Crippen LogP contribution in [0.1, 0.15) is 50.5 Å². The monoisotopic (exact) mass is 340 g/mol. The quantitative estimate of drug-likeness (QED) is 0.910. The molecule has 5 heteroatoms. The summed E-state index contributed by atoms with van der Waals surface area (Å²) in [5.41, 5.74) is 0.634. The summed E-state index contributed by atoms with van der Waals surface area (Å²) in [6, 6.07) is 8.23. The average Bonchev–Trinajstić information content (AvgIpc) is 2.85. The van der Waals surface area contributed by atoms with Gasteiger partial charge in [0.1, 0.15) is 5.82 Å². The van der Waals surface area contributed by atoms with Gasteiger partial charge in [0.15, 0.2) is 0 Å². The lowest BCUT2D eigenvalue weighted by Gasteiger charge is -2.36. The van der Waals surface area contributed by atoms with E-state index in [9.17, 15) is 9.18 Å². The molecule has 0 saturated carbocycles. The van der Waals surface area contributed by atoms with Crippen molar-refractivity contribution in [2.24, 2.45) is 0 Å². The van der Waals surface area contributed by atoms with Crippen LogP contribution in [0.4, 0.5) is 4.39 Å². The van der Waals surface area contributed by atoms with Crippen molar-refractivity contribution in [3.05, 3.63) is 35.6 Å². The van der Waals surface area contributed by atoms with Crippen LogP contribution in [0.25, 0.3) is 0 Å². The van der Waals surface area contributed by atoms with Gasteiger partial charge in [0.25, 0.3) is 0 Å². The molecule has 23 heavy (non-hydrogen) atoms. The van der Waals surface area contributed by atoms with Crippen LogP contribution in [0.3, 0.4) is 0 Å². The van der Waals surface area contributed by atoms with E-state index in [1.54, 1.807) is 12.1 Å². The highest BCUT2D eigenvalue weighted by atomic mass is 35.5. The molecule has 128 valence electrons. The van der Waals surface area contributed by atoms with E-state index in [-0.39, 0.29) is 30.0 Å². The maximum Gasteiger partial charge on any atom is 0.223 e. The van der Waals surface area contributed by atoms with E-state index in [0.29, 0.717) is 30.1 Å². The van der Waals surface area contributed by atoms with Gasteiger partial charge >= 0.3 is 0 Å². The molecule has 2 aliphatic heterocycles. The van der Waals surface area contributed by atoms with Gasteiger partial charge in [0, 0.05) is 31.6 Å². The molecule has 2 saturated heterocycles. The fraction of sp³-hybridized carbons (Fsp3) is 0.611. The van der Waals surface area contributed by atoms with Crippen LogP contribution in [-0.2, 0) is 4.79 Å². The van der Waals surface area contributed by atoms with E-state index >= 15 is 0 Å². The minimum absolute atomic E-state index is 0. The smallest absolute Gasteiger partial charge is 0.223 e. The predicted molar refractivity (Wildman–Crippen MR) is 92.4 cm³/mol. The number of carbonyl (C=O) groups excluding carboxylic acids is 1. The number of amides is 1. The van der Waals surface area contributed by atoms with Gasteiger partial charge in [-0.25, -0.2) is 4.39 Å². The third-order valence-corrected chi connectivity index (χ3v) is 5.31. The van der Waals surface area contributed by atoms with Gasteiger partial charge in [0.2, 0.25) is 5.91 Å². The van der Waals surface area contributed by atoms with Crippen molar-refractivity contribution in [2.45, 2.75) is 63.1 Å². The van der Waals surface area contributed by atoms with Gasteiger partial charge in [-0.3, -0.25) is 4.79 Å². The van der Waals surface area contributed by atoms with Gasteiger partial charge in [-0.05, 0) is 43.2 Å². The van der Waals surface area contributed by atoms with Crippen molar-refractivity contribution in [2.75, 3.05) is 7.05 Å². The lowest BCUT2D eigenvalue weighted by molar-refractivity contribution is -0.133. The molecule has 0 spiro atoms. The third-order valence-electron chi connectivity index (χ3n) is 5.31. The molecule has 1 amide bonds. The minimum atomic E-state index is -0.217. The average molecular weight is 341 g/mol. The lowest BCUT2D eigenvalue weighted by Crippen LogP contribution is -2.48. The van der Waals surface area contributed by atoms with Crippen LogP contribution in [-0.4, -0.2) is 36.0 Å². The highest BCUT2D eigenvalue weighted by Gasteiger charge is 2.36. The summed E-state index contributed by atoms with van der Waals surface area (Å²) in [6.45, 7) is 1.93. The van der Waals surface area contributed by atoms with E-state index in [1.165, 1.54) is 18.9 Å². The van der Waals surface area contributed by atoms with Crippen LogP contribution in [0.15, 0.2) is 24.3 Å². The van der Waals surface area contributed by atoms with Crippen molar-refractivity contribution in [1.82, 2.24) is 10.2 Å². The first-order chi connectivity index (χ1) is 10.5. The zero-order valence-electron chi connectivity index (χ0n) is 13.8. The SMILES string of the molecule is CC(CC(=O)N(C)C1CC2CCC(C1)N2)c1ccccc1F.Cl. The normalized spacial score (nSPS) is 27.2. The highest BCUT2D eigenvalue weighted by molar-refractivity contribution is 5.85. The molecule has 1 aromatic rings. The maximum atomic E-state index is 13.8. The molecule has 0 aromatic heterocycles. The van der Waals surface area contributed by atoms with Crippen LogP contribution in [0, 0.1) is 5.82 Å². The van der Waals surface area contributed by atoms with Gasteiger partial charge < -0.3 is 10.2 Å². The zero-order valence-corrected chi connectivity index (χ0v) is 14.6. The first kappa shape index (κ1) is 18.2. The number of nitrogens with zero attached hydrogens (tertiary/aromatic N) is 1. The number of carbonyl (C=O) groups is 1. The van der Waals surface area contributed by atoms with E-state index in [2.05, 4.69) is 5.32 Å². The van der Waals surface area contributed by atoms with Crippen LogP contribution >= 0.6 is 12.4 Å². The van der Waals surface area contributed by atoms with E-state index in [0.717, 1.165) is 12.8 Å². The molecular weight excluding hydrogens is 315 g/mol. The number of nitrogens with one attached hydrogen (secondary N) is 1. The summed E-state index contributed by atoms with van der Waals surface area (Å²) in [7, 11) is 1.91. The fourth-order valence-corrected chi connectivity index (χ4v) is 3.94. The Kier molecular flexibility index (Phi) is 6.04. The first-order valence-electron chi connectivity index (χ1n) is 8.30. The lowest BCUT2D eigenvalue weighted by atomic mass is 9.94. The van der Waals surface area contributed by atoms with E-state index in [4.69, 9.17) is 0 Å². The number of hydrogen-bond donors (Lipinski definition) is 1. The second-order valence-corrected chi connectivity index (χ2v) is 6.89. The summed E-state index contributed by atoms with van der Waals surface area (Å²) >= 11 is 0.